The Hall–Kier alpha value is -4.36. The summed E-state index contributed by atoms with van der Waals surface area (Å²) in [5.41, 5.74) is 2.39. The zero-order valence-electron chi connectivity index (χ0n) is 23.4. The number of fused-ring (bicyclic) bond motifs is 4. The molecule has 0 amide bonds. The van der Waals surface area contributed by atoms with E-state index < -0.39 is 11.7 Å². The summed E-state index contributed by atoms with van der Waals surface area (Å²) in [6.45, 7) is 5.09. The van der Waals surface area contributed by atoms with Crippen LogP contribution in [0.4, 0.5) is 11.4 Å². The molecule has 0 radical (unpaired) electrons. The standard InChI is InChI=1S/C34H32N2O5/c1-33(2)27-11-4-5-12-28(27)36(3)34(33)21-35-31-25-9-8-10-26(24(25)18-19-29(31)41-34)32(37)40-23-16-14-22(15-17-23)39-30-13-6-7-20-38-30/h4-5,8-12,14-19,21,30H,6-7,13,20H2,1-3H3. The van der Waals surface area contributed by atoms with Crippen molar-refractivity contribution in [2.24, 2.45) is 4.99 Å². The van der Waals surface area contributed by atoms with Gasteiger partial charge in [0.2, 0.25) is 5.72 Å². The van der Waals surface area contributed by atoms with Gasteiger partial charge in [0.05, 0.1) is 23.8 Å². The van der Waals surface area contributed by atoms with Gasteiger partial charge in [0.15, 0.2) is 6.29 Å². The van der Waals surface area contributed by atoms with E-state index in [0.29, 0.717) is 28.5 Å². The molecular formula is C34H32N2O5. The third-order valence-electron chi connectivity index (χ3n) is 8.62. The molecule has 208 valence electrons. The molecule has 4 aromatic rings. The number of benzene rings is 4. The molecule has 1 saturated heterocycles. The van der Waals surface area contributed by atoms with Gasteiger partial charge in [-0.25, -0.2) is 4.79 Å². The molecular weight excluding hydrogens is 516 g/mol. The fraction of sp³-hybridized carbons (Fsp3) is 0.294. The minimum Gasteiger partial charge on any atom is -0.465 e. The first-order valence-electron chi connectivity index (χ1n) is 14.1. The normalized spacial score (nSPS) is 22.2. The highest BCUT2D eigenvalue weighted by Gasteiger charge is 2.58. The van der Waals surface area contributed by atoms with Crippen LogP contribution >= 0.6 is 0 Å². The number of nitrogens with zero attached hydrogens (tertiary/aromatic N) is 2. The molecule has 2 unspecified atom stereocenters. The Morgan fingerprint density at radius 2 is 1.73 bits per heavy atom. The summed E-state index contributed by atoms with van der Waals surface area (Å²) in [6.07, 6.45) is 4.71. The second-order valence-electron chi connectivity index (χ2n) is 11.3. The summed E-state index contributed by atoms with van der Waals surface area (Å²) in [5.74, 6) is 1.36. The first-order valence-corrected chi connectivity index (χ1v) is 14.1. The second kappa shape index (κ2) is 9.63. The van der Waals surface area contributed by atoms with Gasteiger partial charge >= 0.3 is 5.97 Å². The van der Waals surface area contributed by atoms with Crippen molar-refractivity contribution in [3.8, 4) is 17.2 Å². The average molecular weight is 549 g/mol. The molecule has 0 saturated carbocycles. The average Bonchev–Trinajstić information content (AvgIpc) is 3.16. The molecule has 0 aliphatic carbocycles. The van der Waals surface area contributed by atoms with E-state index in [0.717, 1.165) is 42.3 Å². The summed E-state index contributed by atoms with van der Waals surface area (Å²) >= 11 is 0. The van der Waals surface area contributed by atoms with E-state index in [1.165, 1.54) is 5.56 Å². The smallest absolute Gasteiger partial charge is 0.344 e. The van der Waals surface area contributed by atoms with Gasteiger partial charge in [0.1, 0.15) is 22.9 Å². The van der Waals surface area contributed by atoms with Crippen LogP contribution in [0.5, 0.6) is 17.2 Å². The topological polar surface area (TPSA) is 69.6 Å². The summed E-state index contributed by atoms with van der Waals surface area (Å²) in [5, 5.41) is 1.58. The minimum absolute atomic E-state index is 0.226. The lowest BCUT2D eigenvalue weighted by Crippen LogP contribution is -2.61. The Kier molecular flexibility index (Phi) is 6.01. The van der Waals surface area contributed by atoms with Gasteiger partial charge < -0.3 is 23.8 Å². The molecule has 0 bridgehead atoms. The lowest BCUT2D eigenvalue weighted by molar-refractivity contribution is -0.105. The Morgan fingerprint density at radius 3 is 2.51 bits per heavy atom. The summed E-state index contributed by atoms with van der Waals surface area (Å²) in [4.78, 5) is 20.4. The lowest BCUT2D eigenvalue weighted by atomic mass is 9.77. The first-order chi connectivity index (χ1) is 19.9. The number of para-hydroxylation sites is 1. The maximum absolute atomic E-state index is 13.3. The molecule has 3 aliphatic heterocycles. The monoisotopic (exact) mass is 548 g/mol. The number of rotatable bonds is 4. The third kappa shape index (κ3) is 4.06. The number of carbonyl (C=O) groups is 1. The summed E-state index contributed by atoms with van der Waals surface area (Å²) in [7, 11) is 2.04. The number of anilines is 1. The number of hydrogen-bond donors (Lipinski definition) is 0. The molecule has 1 fully saturated rings. The van der Waals surface area contributed by atoms with Gasteiger partial charge in [-0.1, -0.05) is 30.3 Å². The SMILES string of the molecule is CN1c2ccccc2C(C)(C)C12C=Nc1c(ccc3c(C(=O)Oc4ccc(OC5CCCCO5)cc4)cccc13)O2. The van der Waals surface area contributed by atoms with Crippen LogP contribution in [0.1, 0.15) is 49.0 Å². The van der Waals surface area contributed by atoms with E-state index in [9.17, 15) is 4.79 Å². The van der Waals surface area contributed by atoms with Crippen molar-refractivity contribution in [3.63, 3.8) is 0 Å². The minimum atomic E-state index is -0.771. The van der Waals surface area contributed by atoms with Crippen LogP contribution in [0.25, 0.3) is 10.8 Å². The first kappa shape index (κ1) is 25.6. The maximum Gasteiger partial charge on any atom is 0.344 e. The van der Waals surface area contributed by atoms with Crippen molar-refractivity contribution in [1.82, 2.24) is 0 Å². The van der Waals surface area contributed by atoms with Gasteiger partial charge in [0.25, 0.3) is 0 Å². The highest BCUT2D eigenvalue weighted by atomic mass is 16.7. The van der Waals surface area contributed by atoms with Crippen molar-refractivity contribution >= 4 is 34.3 Å². The van der Waals surface area contributed by atoms with Crippen LogP contribution in [-0.2, 0) is 10.2 Å². The van der Waals surface area contributed by atoms with Crippen molar-refractivity contribution in [2.45, 2.75) is 50.5 Å². The largest absolute Gasteiger partial charge is 0.465 e. The Morgan fingerprint density at radius 1 is 0.927 bits per heavy atom. The number of ether oxygens (including phenoxy) is 4. The van der Waals surface area contributed by atoms with E-state index >= 15 is 0 Å². The van der Waals surface area contributed by atoms with Crippen LogP contribution in [-0.4, -0.2) is 37.9 Å². The van der Waals surface area contributed by atoms with E-state index in [1.807, 2.05) is 43.6 Å². The molecule has 3 heterocycles. The Bertz CT molecular complexity index is 1670. The second-order valence-corrected chi connectivity index (χ2v) is 11.3. The molecule has 7 nitrogen and oxygen atoms in total. The van der Waals surface area contributed by atoms with Crippen molar-refractivity contribution < 1.29 is 23.7 Å². The fourth-order valence-electron chi connectivity index (χ4n) is 6.30. The predicted molar refractivity (Wildman–Crippen MR) is 159 cm³/mol. The molecule has 3 aliphatic rings. The number of carbonyl (C=O) groups excluding carboxylic acids is 1. The van der Waals surface area contributed by atoms with Crippen LogP contribution in [0, 0.1) is 0 Å². The zero-order chi connectivity index (χ0) is 28.2. The third-order valence-corrected chi connectivity index (χ3v) is 8.62. The summed E-state index contributed by atoms with van der Waals surface area (Å²) < 4.78 is 24.1. The number of esters is 1. The number of hydrogen-bond acceptors (Lipinski definition) is 7. The van der Waals surface area contributed by atoms with Crippen LogP contribution in [0.2, 0.25) is 0 Å². The van der Waals surface area contributed by atoms with E-state index in [1.54, 1.807) is 30.3 Å². The molecule has 0 aromatic heterocycles. The van der Waals surface area contributed by atoms with Crippen LogP contribution in [0.15, 0.2) is 83.9 Å². The lowest BCUT2D eigenvalue weighted by Gasteiger charge is -2.45. The maximum atomic E-state index is 13.3. The van der Waals surface area contributed by atoms with Crippen LogP contribution < -0.4 is 19.1 Å². The van der Waals surface area contributed by atoms with Crippen molar-refractivity contribution in [2.75, 3.05) is 18.6 Å². The van der Waals surface area contributed by atoms with Gasteiger partial charge in [0, 0.05) is 24.5 Å². The van der Waals surface area contributed by atoms with Gasteiger partial charge in [-0.05, 0) is 86.2 Å². The molecule has 0 N–H and O–H groups in total. The zero-order valence-corrected chi connectivity index (χ0v) is 23.4. The summed E-state index contributed by atoms with van der Waals surface area (Å²) in [6, 6.07) is 24.8. The van der Waals surface area contributed by atoms with Crippen molar-refractivity contribution in [3.05, 3.63) is 90.0 Å². The molecule has 41 heavy (non-hydrogen) atoms. The molecule has 7 rings (SSSR count). The molecule has 4 aromatic carbocycles. The van der Waals surface area contributed by atoms with E-state index in [2.05, 4.69) is 36.9 Å². The van der Waals surface area contributed by atoms with Crippen molar-refractivity contribution in [1.29, 1.82) is 0 Å². The molecule has 1 spiro atoms. The van der Waals surface area contributed by atoms with Gasteiger partial charge in [-0.3, -0.25) is 4.99 Å². The van der Waals surface area contributed by atoms with E-state index in [4.69, 9.17) is 23.9 Å². The quantitative estimate of drug-likeness (QED) is 0.199. The van der Waals surface area contributed by atoms with Crippen LogP contribution in [0.3, 0.4) is 0 Å². The number of likely N-dealkylation sites (N-methyl/N-ethyl adjacent to an activating group) is 1. The Balaban J connectivity index is 1.15. The van der Waals surface area contributed by atoms with E-state index in [-0.39, 0.29) is 11.7 Å². The van der Waals surface area contributed by atoms with Gasteiger partial charge in [-0.15, -0.1) is 0 Å². The molecule has 7 heteroatoms. The predicted octanol–water partition coefficient (Wildman–Crippen LogP) is 7.18. The fourth-order valence-corrected chi connectivity index (χ4v) is 6.30. The van der Waals surface area contributed by atoms with Gasteiger partial charge in [-0.2, -0.15) is 0 Å². The highest BCUT2D eigenvalue weighted by molar-refractivity contribution is 6.10. The Labute approximate surface area is 239 Å². The number of aliphatic imine (C=N–C) groups is 1. The highest BCUT2D eigenvalue weighted by Crippen LogP contribution is 2.54. The molecule has 2 atom stereocenters.